The summed E-state index contributed by atoms with van der Waals surface area (Å²) in [6, 6.07) is 10.2. The predicted molar refractivity (Wildman–Crippen MR) is 120 cm³/mol. The minimum Gasteiger partial charge on any atom is -0.495 e. The minimum atomic E-state index is -3.74. The highest BCUT2D eigenvalue weighted by Crippen LogP contribution is 2.33. The first-order valence-electron chi connectivity index (χ1n) is 10.6. The van der Waals surface area contributed by atoms with Crippen LogP contribution < -0.4 is 19.5 Å². The lowest BCUT2D eigenvalue weighted by Crippen LogP contribution is -2.48. The molecule has 0 spiro atoms. The number of sulfonamides is 1. The first kappa shape index (κ1) is 23.1. The normalized spacial score (nSPS) is 16.4. The van der Waals surface area contributed by atoms with E-state index in [-0.39, 0.29) is 24.0 Å². The largest absolute Gasteiger partial charge is 0.495 e. The van der Waals surface area contributed by atoms with Crippen molar-refractivity contribution in [3.05, 3.63) is 42.0 Å². The van der Waals surface area contributed by atoms with Crippen LogP contribution in [0.5, 0.6) is 17.2 Å². The van der Waals surface area contributed by atoms with E-state index in [9.17, 15) is 13.2 Å². The van der Waals surface area contributed by atoms with E-state index in [1.165, 1.54) is 29.6 Å². The third kappa shape index (κ3) is 5.15. The fourth-order valence-electron chi connectivity index (χ4n) is 3.80. The van der Waals surface area contributed by atoms with Gasteiger partial charge < -0.3 is 18.9 Å². The van der Waals surface area contributed by atoms with Crippen molar-refractivity contribution in [1.82, 2.24) is 9.21 Å². The highest BCUT2D eigenvalue weighted by molar-refractivity contribution is 7.89. The molecule has 0 atom stereocenters. The van der Waals surface area contributed by atoms with E-state index < -0.39 is 16.1 Å². The Morgan fingerprint density at radius 3 is 2.55 bits per heavy atom. The Morgan fingerprint density at radius 1 is 1.06 bits per heavy atom. The Morgan fingerprint density at radius 2 is 1.82 bits per heavy atom. The van der Waals surface area contributed by atoms with Gasteiger partial charge in [0.15, 0.2) is 11.5 Å². The van der Waals surface area contributed by atoms with Gasteiger partial charge in [-0.25, -0.2) is 13.2 Å². The molecule has 1 N–H and O–H groups in total. The number of carbonyl (C=O) groups is 1. The molecule has 1 saturated heterocycles. The average molecular weight is 478 g/mol. The third-order valence-corrected chi connectivity index (χ3v) is 7.39. The number of nitrogens with zero attached hydrogens (tertiary/aromatic N) is 2. The van der Waals surface area contributed by atoms with E-state index >= 15 is 0 Å². The van der Waals surface area contributed by atoms with E-state index in [2.05, 4.69) is 10.2 Å². The lowest BCUT2D eigenvalue weighted by Gasteiger charge is -2.34. The molecule has 4 rings (SSSR count). The highest BCUT2D eigenvalue weighted by atomic mass is 32.2. The van der Waals surface area contributed by atoms with Crippen molar-refractivity contribution in [2.24, 2.45) is 0 Å². The summed E-state index contributed by atoms with van der Waals surface area (Å²) in [4.78, 5) is 14.1. The third-order valence-electron chi connectivity index (χ3n) is 5.50. The molecule has 178 valence electrons. The number of fused-ring (bicyclic) bond motifs is 1. The lowest BCUT2D eigenvalue weighted by atomic mass is 10.2. The number of hydrogen-bond donors (Lipinski definition) is 1. The van der Waals surface area contributed by atoms with Crippen LogP contribution in [0.1, 0.15) is 12.5 Å². The molecule has 10 nitrogen and oxygen atoms in total. The van der Waals surface area contributed by atoms with Gasteiger partial charge in [0.1, 0.15) is 5.75 Å². The van der Waals surface area contributed by atoms with Crippen molar-refractivity contribution in [3.8, 4) is 17.2 Å². The van der Waals surface area contributed by atoms with Crippen LogP contribution in [-0.4, -0.2) is 70.4 Å². The first-order valence-corrected chi connectivity index (χ1v) is 12.1. The van der Waals surface area contributed by atoms with Crippen LogP contribution in [0.4, 0.5) is 10.5 Å². The Balaban J connectivity index is 1.41. The number of benzene rings is 2. The molecule has 0 unspecified atom stereocenters. The van der Waals surface area contributed by atoms with Crippen LogP contribution in [0.3, 0.4) is 0 Å². The predicted octanol–water partition coefficient (Wildman–Crippen LogP) is 2.50. The number of piperazine rings is 1. The van der Waals surface area contributed by atoms with Crippen molar-refractivity contribution in [2.45, 2.75) is 18.4 Å². The number of carbonyl (C=O) groups excluding carboxylic acids is 1. The van der Waals surface area contributed by atoms with Crippen molar-refractivity contribution < 1.29 is 32.2 Å². The van der Waals surface area contributed by atoms with Crippen molar-refractivity contribution in [3.63, 3.8) is 0 Å². The summed E-state index contributed by atoms with van der Waals surface area (Å²) in [5, 5.41) is 2.53. The van der Waals surface area contributed by atoms with Crippen LogP contribution >= 0.6 is 0 Å². The zero-order valence-corrected chi connectivity index (χ0v) is 19.4. The zero-order chi connectivity index (χ0) is 23.4. The van der Waals surface area contributed by atoms with Gasteiger partial charge in [0.25, 0.3) is 0 Å². The van der Waals surface area contributed by atoms with E-state index in [1.54, 1.807) is 6.92 Å². The number of rotatable bonds is 7. The monoisotopic (exact) mass is 477 g/mol. The molecule has 2 aromatic rings. The van der Waals surface area contributed by atoms with Crippen LogP contribution in [0.25, 0.3) is 0 Å². The molecule has 33 heavy (non-hydrogen) atoms. The Hall–Kier alpha value is -3.02. The van der Waals surface area contributed by atoms with E-state index in [1.807, 2.05) is 18.2 Å². The maximum atomic E-state index is 13.2. The number of ether oxygens (including phenoxy) is 4. The molecule has 2 aromatic carbocycles. The second-order valence-electron chi connectivity index (χ2n) is 7.58. The van der Waals surface area contributed by atoms with Gasteiger partial charge in [-0.05, 0) is 42.8 Å². The van der Waals surface area contributed by atoms with Gasteiger partial charge in [-0.2, -0.15) is 4.31 Å². The summed E-state index contributed by atoms with van der Waals surface area (Å²) < 4.78 is 48.8. The van der Waals surface area contributed by atoms with Crippen molar-refractivity contribution in [2.75, 3.05) is 52.0 Å². The van der Waals surface area contributed by atoms with Gasteiger partial charge >= 0.3 is 6.09 Å². The summed E-state index contributed by atoms with van der Waals surface area (Å²) in [5.74, 6) is 1.82. The van der Waals surface area contributed by atoms with Crippen molar-refractivity contribution in [1.29, 1.82) is 0 Å². The number of nitrogens with one attached hydrogen (secondary N) is 1. The van der Waals surface area contributed by atoms with Gasteiger partial charge in [-0.3, -0.25) is 10.2 Å². The summed E-state index contributed by atoms with van der Waals surface area (Å²) in [7, 11) is -2.30. The van der Waals surface area contributed by atoms with E-state index in [4.69, 9.17) is 18.9 Å². The fourth-order valence-corrected chi connectivity index (χ4v) is 5.25. The standard InChI is InChI=1S/C22H27N3O7S/c1-3-30-22(26)23-18-13-17(5-7-19(18)29-2)33(27,28)25-10-8-24(9-11-25)14-16-4-6-20-21(12-16)32-15-31-20/h4-7,12-13H,3,8-11,14-15H2,1-2H3,(H,23,26). The van der Waals surface area contributed by atoms with Crippen LogP contribution in [0, 0.1) is 0 Å². The second-order valence-corrected chi connectivity index (χ2v) is 9.51. The Kier molecular flexibility index (Phi) is 6.91. The molecule has 0 saturated carbocycles. The quantitative estimate of drug-likeness (QED) is 0.648. The molecule has 0 aromatic heterocycles. The average Bonchev–Trinajstić information content (AvgIpc) is 3.27. The molecule has 0 aliphatic carbocycles. The van der Waals surface area contributed by atoms with Crippen LogP contribution in [0.15, 0.2) is 41.3 Å². The van der Waals surface area contributed by atoms with Gasteiger partial charge in [0.05, 0.1) is 24.3 Å². The second kappa shape index (κ2) is 9.86. The molecular weight excluding hydrogens is 450 g/mol. The Labute approximate surface area is 193 Å². The Bertz CT molecular complexity index is 1110. The van der Waals surface area contributed by atoms with Crippen molar-refractivity contribution >= 4 is 21.8 Å². The zero-order valence-electron chi connectivity index (χ0n) is 18.6. The summed E-state index contributed by atoms with van der Waals surface area (Å²) in [6.45, 7) is 4.72. The molecule has 0 bridgehead atoms. The number of amides is 1. The number of anilines is 1. The lowest BCUT2D eigenvalue weighted by molar-refractivity contribution is 0.167. The van der Waals surface area contributed by atoms with Gasteiger partial charge in [0, 0.05) is 32.7 Å². The van der Waals surface area contributed by atoms with Crippen LogP contribution in [0.2, 0.25) is 0 Å². The van der Waals surface area contributed by atoms with E-state index in [0.29, 0.717) is 38.5 Å². The fraction of sp³-hybridized carbons (Fsp3) is 0.409. The SMILES string of the molecule is CCOC(=O)Nc1cc(S(=O)(=O)N2CCN(Cc3ccc4c(c3)OCO4)CC2)ccc1OC. The molecule has 2 aliphatic heterocycles. The minimum absolute atomic E-state index is 0.0827. The summed E-state index contributed by atoms with van der Waals surface area (Å²) >= 11 is 0. The first-order chi connectivity index (χ1) is 15.9. The molecule has 2 heterocycles. The molecule has 1 fully saturated rings. The molecular formula is C22H27N3O7S. The summed E-state index contributed by atoms with van der Waals surface area (Å²) in [5.41, 5.74) is 1.32. The van der Waals surface area contributed by atoms with Gasteiger partial charge in [-0.15, -0.1) is 0 Å². The van der Waals surface area contributed by atoms with Gasteiger partial charge in [0.2, 0.25) is 16.8 Å². The maximum absolute atomic E-state index is 13.2. The highest BCUT2D eigenvalue weighted by Gasteiger charge is 2.29. The smallest absolute Gasteiger partial charge is 0.411 e. The molecule has 0 radical (unpaired) electrons. The number of hydrogen-bond acceptors (Lipinski definition) is 8. The number of methoxy groups -OCH3 is 1. The van der Waals surface area contributed by atoms with Crippen LogP contribution in [-0.2, 0) is 21.3 Å². The molecule has 2 aliphatic rings. The van der Waals surface area contributed by atoms with Gasteiger partial charge in [-0.1, -0.05) is 6.07 Å². The maximum Gasteiger partial charge on any atom is 0.411 e. The molecule has 1 amide bonds. The topological polar surface area (TPSA) is 107 Å². The summed E-state index contributed by atoms with van der Waals surface area (Å²) in [6.07, 6.45) is -0.678. The molecule has 11 heteroatoms. The van der Waals surface area contributed by atoms with E-state index in [0.717, 1.165) is 17.1 Å².